The van der Waals surface area contributed by atoms with E-state index in [0.717, 1.165) is 23.7 Å². The van der Waals surface area contributed by atoms with Gasteiger partial charge in [0.05, 0.1) is 6.54 Å². The van der Waals surface area contributed by atoms with E-state index in [2.05, 4.69) is 29.4 Å². The minimum absolute atomic E-state index is 0.181. The lowest BCUT2D eigenvalue weighted by Gasteiger charge is -2.21. The lowest BCUT2D eigenvalue weighted by atomic mass is 10.2. The number of anilines is 2. The highest BCUT2D eigenvalue weighted by molar-refractivity contribution is 7.09. The molecular weight excluding hydrogens is 282 g/mol. The third-order valence-corrected chi connectivity index (χ3v) is 4.13. The van der Waals surface area contributed by atoms with Gasteiger partial charge in [-0.1, -0.05) is 6.07 Å². The van der Waals surface area contributed by atoms with Crippen LogP contribution in [-0.2, 0) is 6.54 Å². The predicted molar refractivity (Wildman–Crippen MR) is 90.2 cm³/mol. The summed E-state index contributed by atoms with van der Waals surface area (Å²) in [5, 5.41) is 7.69. The molecule has 0 aliphatic heterocycles. The highest BCUT2D eigenvalue weighted by Gasteiger charge is 2.04. The average molecular weight is 303 g/mol. The number of carbonyl (C=O) groups is 1. The predicted octanol–water partition coefficient (Wildman–Crippen LogP) is 3.92. The van der Waals surface area contributed by atoms with E-state index in [1.807, 2.05) is 41.8 Å². The number of urea groups is 1. The maximum Gasteiger partial charge on any atom is 0.319 e. The second-order valence-corrected chi connectivity index (χ2v) is 5.64. The van der Waals surface area contributed by atoms with Gasteiger partial charge in [-0.05, 0) is 49.6 Å². The molecule has 4 nitrogen and oxygen atoms in total. The minimum Gasteiger partial charge on any atom is -0.372 e. The third-order valence-electron chi connectivity index (χ3n) is 3.26. The molecule has 2 amide bonds. The van der Waals surface area contributed by atoms with Crippen molar-refractivity contribution < 1.29 is 4.79 Å². The molecular formula is C16H21N3OS. The zero-order valence-electron chi connectivity index (χ0n) is 12.4. The molecule has 1 heterocycles. The van der Waals surface area contributed by atoms with Gasteiger partial charge in [0.1, 0.15) is 0 Å². The first kappa shape index (κ1) is 15.4. The van der Waals surface area contributed by atoms with E-state index < -0.39 is 0 Å². The molecule has 0 bridgehead atoms. The van der Waals surface area contributed by atoms with Crippen LogP contribution in [0.4, 0.5) is 16.2 Å². The van der Waals surface area contributed by atoms with Crippen molar-refractivity contribution in [2.24, 2.45) is 0 Å². The summed E-state index contributed by atoms with van der Waals surface area (Å²) in [7, 11) is 0. The van der Waals surface area contributed by atoms with Gasteiger partial charge in [-0.25, -0.2) is 4.79 Å². The number of hydrogen-bond donors (Lipinski definition) is 2. The molecule has 0 fully saturated rings. The number of nitrogens with zero attached hydrogens (tertiary/aromatic N) is 1. The van der Waals surface area contributed by atoms with Gasteiger partial charge in [-0.3, -0.25) is 0 Å². The maximum absolute atomic E-state index is 11.8. The van der Waals surface area contributed by atoms with Crippen LogP contribution in [-0.4, -0.2) is 19.1 Å². The lowest BCUT2D eigenvalue weighted by Crippen LogP contribution is -2.27. The first-order valence-electron chi connectivity index (χ1n) is 7.15. The zero-order chi connectivity index (χ0) is 15.1. The highest BCUT2D eigenvalue weighted by Crippen LogP contribution is 2.17. The van der Waals surface area contributed by atoms with Crippen LogP contribution in [0.3, 0.4) is 0 Å². The van der Waals surface area contributed by atoms with E-state index in [-0.39, 0.29) is 6.03 Å². The van der Waals surface area contributed by atoms with Crippen LogP contribution in [0.25, 0.3) is 0 Å². The largest absolute Gasteiger partial charge is 0.372 e. The summed E-state index contributed by atoms with van der Waals surface area (Å²) in [4.78, 5) is 15.2. The van der Waals surface area contributed by atoms with E-state index in [1.54, 1.807) is 11.3 Å². The Bertz CT molecular complexity index is 547. The molecule has 2 aromatic rings. The van der Waals surface area contributed by atoms with Crippen molar-refractivity contribution in [3.05, 3.63) is 46.7 Å². The fourth-order valence-corrected chi connectivity index (χ4v) is 2.74. The molecule has 0 atom stereocenters. The van der Waals surface area contributed by atoms with Gasteiger partial charge in [0.25, 0.3) is 0 Å². The minimum atomic E-state index is -0.181. The summed E-state index contributed by atoms with van der Waals surface area (Å²) in [6.45, 7) is 6.78. The van der Waals surface area contributed by atoms with Crippen molar-refractivity contribution in [3.8, 4) is 0 Å². The van der Waals surface area contributed by atoms with Crippen LogP contribution < -0.4 is 15.5 Å². The molecule has 112 valence electrons. The van der Waals surface area contributed by atoms with E-state index in [9.17, 15) is 4.79 Å². The van der Waals surface area contributed by atoms with Gasteiger partial charge in [0.15, 0.2) is 0 Å². The van der Waals surface area contributed by atoms with Crippen LogP contribution in [0.1, 0.15) is 18.7 Å². The van der Waals surface area contributed by atoms with Crippen LogP contribution in [0, 0.1) is 0 Å². The molecule has 0 saturated carbocycles. The Labute approximate surface area is 129 Å². The standard InChI is InChI=1S/C16H21N3OS/c1-3-19(4-2)14-9-7-13(8-10-14)18-16(20)17-12-15-6-5-11-21-15/h5-11H,3-4,12H2,1-2H3,(H2,17,18,20). The summed E-state index contributed by atoms with van der Waals surface area (Å²) in [6, 6.07) is 11.7. The molecule has 0 spiro atoms. The Morgan fingerprint density at radius 3 is 2.43 bits per heavy atom. The summed E-state index contributed by atoms with van der Waals surface area (Å²) in [5.74, 6) is 0. The first-order valence-corrected chi connectivity index (χ1v) is 8.03. The van der Waals surface area contributed by atoms with Crippen molar-refractivity contribution in [2.75, 3.05) is 23.3 Å². The molecule has 0 unspecified atom stereocenters. The fraction of sp³-hybridized carbons (Fsp3) is 0.312. The summed E-state index contributed by atoms with van der Waals surface area (Å²) >= 11 is 1.63. The molecule has 0 saturated heterocycles. The number of carbonyl (C=O) groups excluding carboxylic acids is 1. The lowest BCUT2D eigenvalue weighted by molar-refractivity contribution is 0.252. The Morgan fingerprint density at radius 1 is 1.14 bits per heavy atom. The Kier molecular flexibility index (Phi) is 5.63. The van der Waals surface area contributed by atoms with Crippen molar-refractivity contribution in [1.29, 1.82) is 0 Å². The van der Waals surface area contributed by atoms with Gasteiger partial charge >= 0.3 is 6.03 Å². The van der Waals surface area contributed by atoms with Crippen LogP contribution in [0.5, 0.6) is 0 Å². The molecule has 0 aliphatic carbocycles. The van der Waals surface area contributed by atoms with E-state index in [4.69, 9.17) is 0 Å². The van der Waals surface area contributed by atoms with Gasteiger partial charge in [-0.2, -0.15) is 0 Å². The quantitative estimate of drug-likeness (QED) is 0.849. The normalized spacial score (nSPS) is 10.2. The van der Waals surface area contributed by atoms with Crippen LogP contribution >= 0.6 is 11.3 Å². The molecule has 1 aromatic heterocycles. The fourth-order valence-electron chi connectivity index (χ4n) is 2.10. The second-order valence-electron chi connectivity index (χ2n) is 4.61. The maximum atomic E-state index is 11.8. The smallest absolute Gasteiger partial charge is 0.319 e. The molecule has 0 radical (unpaired) electrons. The highest BCUT2D eigenvalue weighted by atomic mass is 32.1. The van der Waals surface area contributed by atoms with Gasteiger partial charge in [0.2, 0.25) is 0 Å². The average Bonchev–Trinajstić information content (AvgIpc) is 3.01. The molecule has 1 aromatic carbocycles. The second kappa shape index (κ2) is 7.69. The van der Waals surface area contributed by atoms with Crippen LogP contribution in [0.15, 0.2) is 41.8 Å². The van der Waals surface area contributed by atoms with Crippen molar-refractivity contribution in [3.63, 3.8) is 0 Å². The summed E-state index contributed by atoms with van der Waals surface area (Å²) in [6.07, 6.45) is 0. The van der Waals surface area contributed by atoms with E-state index >= 15 is 0 Å². The number of thiophene rings is 1. The molecule has 5 heteroatoms. The van der Waals surface area contributed by atoms with Gasteiger partial charge < -0.3 is 15.5 Å². The summed E-state index contributed by atoms with van der Waals surface area (Å²) in [5.41, 5.74) is 1.97. The van der Waals surface area contributed by atoms with Crippen molar-refractivity contribution in [2.45, 2.75) is 20.4 Å². The number of rotatable bonds is 6. The van der Waals surface area contributed by atoms with Gasteiger partial charge in [-0.15, -0.1) is 11.3 Å². The number of hydrogen-bond acceptors (Lipinski definition) is 3. The molecule has 2 N–H and O–H groups in total. The zero-order valence-corrected chi connectivity index (χ0v) is 13.2. The Hall–Kier alpha value is -2.01. The number of amides is 2. The monoisotopic (exact) mass is 303 g/mol. The van der Waals surface area contributed by atoms with Gasteiger partial charge in [0, 0.05) is 29.3 Å². The van der Waals surface area contributed by atoms with E-state index in [0.29, 0.717) is 6.54 Å². The number of benzene rings is 1. The third kappa shape index (κ3) is 4.49. The summed E-state index contributed by atoms with van der Waals surface area (Å²) < 4.78 is 0. The molecule has 21 heavy (non-hydrogen) atoms. The molecule has 2 rings (SSSR count). The van der Waals surface area contributed by atoms with E-state index in [1.165, 1.54) is 5.69 Å². The van der Waals surface area contributed by atoms with Crippen molar-refractivity contribution >= 4 is 28.7 Å². The first-order chi connectivity index (χ1) is 10.2. The Morgan fingerprint density at radius 2 is 1.86 bits per heavy atom. The van der Waals surface area contributed by atoms with Crippen LogP contribution in [0.2, 0.25) is 0 Å². The van der Waals surface area contributed by atoms with Crippen molar-refractivity contribution in [1.82, 2.24) is 5.32 Å². The topological polar surface area (TPSA) is 44.4 Å². The Balaban J connectivity index is 1.86. The SMILES string of the molecule is CCN(CC)c1ccc(NC(=O)NCc2cccs2)cc1. The molecule has 0 aliphatic rings. The number of nitrogens with one attached hydrogen (secondary N) is 2.